The van der Waals surface area contributed by atoms with Gasteiger partial charge in [-0.3, -0.25) is 20.0 Å². The summed E-state index contributed by atoms with van der Waals surface area (Å²) in [5, 5.41) is 19.6. The molecule has 1 heterocycles. The number of fused-ring (bicyclic) bond motifs is 3. The number of ether oxygens (including phenoxy) is 2. The first kappa shape index (κ1) is 23.4. The van der Waals surface area contributed by atoms with E-state index in [1.807, 2.05) is 48.5 Å². The smallest absolute Gasteiger partial charge is 0.414 e. The predicted octanol–water partition coefficient (Wildman–Crippen LogP) is 1.91. The second kappa shape index (κ2) is 10.0. The van der Waals surface area contributed by atoms with E-state index >= 15 is 0 Å². The van der Waals surface area contributed by atoms with E-state index in [0.717, 1.165) is 29.4 Å². The van der Waals surface area contributed by atoms with E-state index in [1.54, 1.807) is 0 Å². The number of carboxylic acids is 1. The molecule has 0 saturated carbocycles. The van der Waals surface area contributed by atoms with Gasteiger partial charge in [0.05, 0.1) is 13.5 Å². The fraction of sp³-hybridized carbons (Fsp3) is 0.217. The molecule has 12 nitrogen and oxygen atoms in total. The zero-order chi connectivity index (χ0) is 24.9. The molecular weight excluding hydrogens is 458 g/mol. The number of H-pyrrole nitrogens is 1. The lowest BCUT2D eigenvalue weighted by atomic mass is 9.98. The van der Waals surface area contributed by atoms with Crippen molar-refractivity contribution >= 4 is 29.9 Å². The number of aromatic nitrogens is 3. The number of amides is 2. The summed E-state index contributed by atoms with van der Waals surface area (Å²) < 4.78 is 9.81. The first-order valence-electron chi connectivity index (χ1n) is 10.5. The molecule has 0 radical (unpaired) electrons. The molecule has 0 unspecified atom stereocenters. The van der Waals surface area contributed by atoms with Crippen LogP contribution in [0, 0.1) is 0 Å². The molecule has 1 aromatic heterocycles. The quantitative estimate of drug-likeness (QED) is 0.352. The van der Waals surface area contributed by atoms with Gasteiger partial charge in [0.2, 0.25) is 5.82 Å². The number of nitrogens with one attached hydrogen (secondary N) is 3. The summed E-state index contributed by atoms with van der Waals surface area (Å²) in [5.74, 6) is -3.92. The molecule has 2 amide bonds. The van der Waals surface area contributed by atoms with Crippen LogP contribution in [0.15, 0.2) is 48.5 Å². The molecule has 2 aromatic carbocycles. The first-order valence-corrected chi connectivity index (χ1v) is 10.5. The highest BCUT2D eigenvalue weighted by atomic mass is 16.5. The molecule has 4 rings (SSSR count). The van der Waals surface area contributed by atoms with Crippen LogP contribution in [0.1, 0.15) is 34.1 Å². The van der Waals surface area contributed by atoms with Crippen LogP contribution in [0.3, 0.4) is 0 Å². The maximum absolute atomic E-state index is 12.3. The summed E-state index contributed by atoms with van der Waals surface area (Å²) in [6.45, 7) is 0.0748. The maximum atomic E-state index is 12.3. The predicted molar refractivity (Wildman–Crippen MR) is 121 cm³/mol. The largest absolute Gasteiger partial charge is 0.480 e. The van der Waals surface area contributed by atoms with Crippen LogP contribution in [0.2, 0.25) is 0 Å². The number of hydrogen-bond donors (Lipinski definition) is 4. The molecule has 1 aliphatic carbocycles. The van der Waals surface area contributed by atoms with Gasteiger partial charge in [-0.1, -0.05) is 48.5 Å². The molecular formula is C23H21N5O7. The van der Waals surface area contributed by atoms with E-state index < -0.39 is 36.4 Å². The lowest BCUT2D eigenvalue weighted by molar-refractivity contribution is -0.147. The van der Waals surface area contributed by atoms with Crippen molar-refractivity contribution in [3.8, 4) is 11.1 Å². The van der Waals surface area contributed by atoms with Crippen LogP contribution >= 0.6 is 0 Å². The number of aliphatic carboxylic acids is 1. The van der Waals surface area contributed by atoms with Crippen molar-refractivity contribution < 1.29 is 33.8 Å². The third-order valence-corrected chi connectivity index (χ3v) is 5.46. The van der Waals surface area contributed by atoms with Crippen molar-refractivity contribution in [3.63, 3.8) is 0 Å². The van der Waals surface area contributed by atoms with E-state index in [4.69, 9.17) is 9.84 Å². The molecule has 35 heavy (non-hydrogen) atoms. The highest BCUT2D eigenvalue weighted by Gasteiger charge is 2.29. The van der Waals surface area contributed by atoms with Crippen LogP contribution in [-0.2, 0) is 19.1 Å². The zero-order valence-corrected chi connectivity index (χ0v) is 18.5. The molecule has 0 bridgehead atoms. The Morgan fingerprint density at radius 2 is 1.69 bits per heavy atom. The highest BCUT2D eigenvalue weighted by Crippen LogP contribution is 2.44. The van der Waals surface area contributed by atoms with Gasteiger partial charge in [-0.15, -0.1) is 5.10 Å². The zero-order valence-electron chi connectivity index (χ0n) is 18.5. The molecule has 12 heteroatoms. The molecule has 0 saturated heterocycles. The SMILES string of the molecule is COC(=O)C[C@H](NC(=O)c1nc(NC(=O)OCC2c3ccccc3-c3ccccc32)n[nH]1)C(=O)O. The third-order valence-electron chi connectivity index (χ3n) is 5.46. The highest BCUT2D eigenvalue weighted by molar-refractivity contribution is 5.95. The summed E-state index contributed by atoms with van der Waals surface area (Å²) in [6.07, 6.45) is -1.40. The lowest BCUT2D eigenvalue weighted by Crippen LogP contribution is -2.42. The Kier molecular flexibility index (Phi) is 6.71. The van der Waals surface area contributed by atoms with Crippen molar-refractivity contribution in [1.29, 1.82) is 0 Å². The van der Waals surface area contributed by atoms with Crippen molar-refractivity contribution in [2.45, 2.75) is 18.4 Å². The van der Waals surface area contributed by atoms with Crippen molar-refractivity contribution in [2.24, 2.45) is 0 Å². The van der Waals surface area contributed by atoms with Crippen LogP contribution in [0.4, 0.5) is 10.7 Å². The second-order valence-electron chi connectivity index (χ2n) is 7.60. The minimum atomic E-state index is -1.53. The van der Waals surface area contributed by atoms with E-state index in [2.05, 4.69) is 30.6 Å². The Hall–Kier alpha value is -4.74. The maximum Gasteiger partial charge on any atom is 0.414 e. The average molecular weight is 479 g/mol. The number of carbonyl (C=O) groups is 4. The number of anilines is 1. The number of hydrogen-bond acceptors (Lipinski definition) is 8. The van der Waals surface area contributed by atoms with E-state index in [1.165, 1.54) is 0 Å². The van der Waals surface area contributed by atoms with E-state index in [0.29, 0.717) is 0 Å². The Labute approximate surface area is 198 Å². The van der Waals surface area contributed by atoms with Crippen LogP contribution in [-0.4, -0.2) is 64.0 Å². The summed E-state index contributed by atoms with van der Waals surface area (Å²) >= 11 is 0. The van der Waals surface area contributed by atoms with Gasteiger partial charge in [-0.25, -0.2) is 9.59 Å². The minimum absolute atomic E-state index is 0.0748. The summed E-state index contributed by atoms with van der Waals surface area (Å²) in [5.41, 5.74) is 4.29. The topological polar surface area (TPSA) is 173 Å². The van der Waals surface area contributed by atoms with Gasteiger partial charge in [-0.05, 0) is 22.3 Å². The van der Waals surface area contributed by atoms with Crippen LogP contribution in [0.5, 0.6) is 0 Å². The van der Waals surface area contributed by atoms with Crippen LogP contribution < -0.4 is 10.6 Å². The molecule has 0 spiro atoms. The van der Waals surface area contributed by atoms with Gasteiger partial charge in [-0.2, -0.15) is 4.98 Å². The van der Waals surface area contributed by atoms with Gasteiger partial charge >= 0.3 is 18.0 Å². The number of esters is 1. The van der Waals surface area contributed by atoms with Crippen molar-refractivity contribution in [1.82, 2.24) is 20.5 Å². The van der Waals surface area contributed by atoms with Gasteiger partial charge in [0, 0.05) is 5.92 Å². The number of carboxylic acid groups (broad SMARTS) is 1. The molecule has 0 fully saturated rings. The van der Waals surface area contributed by atoms with Gasteiger partial charge < -0.3 is 19.9 Å². The number of methoxy groups -OCH3 is 1. The Morgan fingerprint density at radius 1 is 1.06 bits per heavy atom. The van der Waals surface area contributed by atoms with Gasteiger partial charge in [0.25, 0.3) is 11.9 Å². The first-order chi connectivity index (χ1) is 16.9. The standard InChI is InChI=1S/C23H21N5O7/c1-34-18(29)10-17(21(31)32)24-20(30)19-25-22(28-27-19)26-23(33)35-11-16-14-8-4-2-6-12(14)13-7-3-5-9-15(13)16/h2-9,16-17H,10-11H2,1H3,(H,24,30)(H,31,32)(H2,25,26,27,28,33)/t17-/m0/s1. The fourth-order valence-electron chi connectivity index (χ4n) is 3.82. The molecule has 0 aliphatic heterocycles. The number of rotatable bonds is 8. The Balaban J connectivity index is 1.35. The third kappa shape index (κ3) is 5.11. The number of benzene rings is 2. The molecule has 4 N–H and O–H groups in total. The monoisotopic (exact) mass is 479 g/mol. The van der Waals surface area contributed by atoms with Gasteiger partial charge in [0.1, 0.15) is 12.6 Å². The number of nitrogens with zero attached hydrogens (tertiary/aromatic N) is 2. The second-order valence-corrected chi connectivity index (χ2v) is 7.60. The minimum Gasteiger partial charge on any atom is -0.480 e. The molecule has 1 atom stereocenters. The fourth-order valence-corrected chi connectivity index (χ4v) is 3.82. The van der Waals surface area contributed by atoms with Crippen molar-refractivity contribution in [3.05, 3.63) is 65.5 Å². The molecule has 1 aliphatic rings. The summed E-state index contributed by atoms with van der Waals surface area (Å²) in [6, 6.07) is 14.3. The van der Waals surface area contributed by atoms with Gasteiger partial charge in [0.15, 0.2) is 0 Å². The number of aromatic amines is 1. The Morgan fingerprint density at radius 3 is 2.29 bits per heavy atom. The summed E-state index contributed by atoms with van der Waals surface area (Å²) in [4.78, 5) is 51.0. The number of carbonyl (C=O) groups excluding carboxylic acids is 3. The Bertz CT molecular complexity index is 1240. The van der Waals surface area contributed by atoms with E-state index in [9.17, 15) is 19.2 Å². The molecule has 180 valence electrons. The summed E-state index contributed by atoms with van der Waals surface area (Å²) in [7, 11) is 1.10. The lowest BCUT2D eigenvalue weighted by Gasteiger charge is -2.13. The average Bonchev–Trinajstić information content (AvgIpc) is 3.45. The molecule has 3 aromatic rings. The normalized spacial score (nSPS) is 12.7. The van der Waals surface area contributed by atoms with Crippen molar-refractivity contribution in [2.75, 3.05) is 19.0 Å². The van der Waals surface area contributed by atoms with E-state index in [-0.39, 0.29) is 24.3 Å². The van der Waals surface area contributed by atoms with Crippen LogP contribution in [0.25, 0.3) is 11.1 Å².